The highest BCUT2D eigenvalue weighted by atomic mass is 16.5. The van der Waals surface area contributed by atoms with Gasteiger partial charge in [-0.05, 0) is 31.6 Å². The molecule has 0 radical (unpaired) electrons. The molecule has 3 atom stereocenters. The lowest BCUT2D eigenvalue weighted by Crippen LogP contribution is -2.43. The van der Waals surface area contributed by atoms with Gasteiger partial charge < -0.3 is 4.74 Å². The van der Waals surface area contributed by atoms with Crippen LogP contribution >= 0.6 is 0 Å². The van der Waals surface area contributed by atoms with Gasteiger partial charge in [-0.3, -0.25) is 4.79 Å². The molecular weight excluding hydrogens is 152 g/mol. The van der Waals surface area contributed by atoms with Gasteiger partial charge in [-0.15, -0.1) is 0 Å². The van der Waals surface area contributed by atoms with E-state index in [-0.39, 0.29) is 18.0 Å². The second-order valence-corrected chi connectivity index (χ2v) is 4.03. The standard InChI is InChI=1S/C10H16O2/c1-2-3-7-6-8-4-5-9(7)12-10(8)11/h7-9H,2-6H2,1H3. The van der Waals surface area contributed by atoms with E-state index in [9.17, 15) is 4.79 Å². The van der Waals surface area contributed by atoms with Gasteiger partial charge in [-0.2, -0.15) is 0 Å². The van der Waals surface area contributed by atoms with Gasteiger partial charge in [0.15, 0.2) is 0 Å². The van der Waals surface area contributed by atoms with E-state index in [0.717, 1.165) is 19.3 Å². The Balaban J connectivity index is 2.00. The van der Waals surface area contributed by atoms with Crippen molar-refractivity contribution in [3.05, 3.63) is 0 Å². The lowest BCUT2D eigenvalue weighted by molar-refractivity contribution is -0.175. The molecular formula is C10H16O2. The van der Waals surface area contributed by atoms with E-state index < -0.39 is 0 Å². The first kappa shape index (κ1) is 8.09. The molecule has 3 rings (SSSR count). The van der Waals surface area contributed by atoms with Crippen LogP contribution in [0.15, 0.2) is 0 Å². The van der Waals surface area contributed by atoms with Crippen LogP contribution in [0.5, 0.6) is 0 Å². The third-order valence-electron chi connectivity index (χ3n) is 3.17. The highest BCUT2D eigenvalue weighted by Crippen LogP contribution is 2.39. The van der Waals surface area contributed by atoms with Crippen LogP contribution in [-0.2, 0) is 9.53 Å². The van der Waals surface area contributed by atoms with Crippen molar-refractivity contribution in [2.24, 2.45) is 11.8 Å². The zero-order valence-electron chi connectivity index (χ0n) is 7.58. The predicted octanol–water partition coefficient (Wildman–Crippen LogP) is 2.13. The topological polar surface area (TPSA) is 26.3 Å². The lowest BCUT2D eigenvalue weighted by Gasteiger charge is -2.40. The Hall–Kier alpha value is -0.530. The molecule has 3 fully saturated rings. The van der Waals surface area contributed by atoms with Crippen molar-refractivity contribution < 1.29 is 9.53 Å². The van der Waals surface area contributed by atoms with Crippen LogP contribution in [0.2, 0.25) is 0 Å². The minimum absolute atomic E-state index is 0.0682. The summed E-state index contributed by atoms with van der Waals surface area (Å²) < 4.78 is 5.31. The van der Waals surface area contributed by atoms with E-state index in [4.69, 9.17) is 4.74 Å². The number of hydrogen-bond acceptors (Lipinski definition) is 2. The molecule has 0 aromatic heterocycles. The maximum absolute atomic E-state index is 11.2. The zero-order chi connectivity index (χ0) is 8.55. The molecule has 2 nitrogen and oxygen atoms in total. The van der Waals surface area contributed by atoms with Gasteiger partial charge in [0.2, 0.25) is 0 Å². The third-order valence-corrected chi connectivity index (χ3v) is 3.17. The van der Waals surface area contributed by atoms with E-state index in [2.05, 4.69) is 6.92 Å². The second kappa shape index (κ2) is 3.08. The molecule has 0 amide bonds. The molecule has 0 aromatic carbocycles. The van der Waals surface area contributed by atoms with Crippen molar-refractivity contribution in [3.8, 4) is 0 Å². The SMILES string of the molecule is CCCC1CC2CCC1OC2=O. The fourth-order valence-electron chi connectivity index (χ4n) is 2.53. The normalized spacial score (nSPS) is 39.8. The summed E-state index contributed by atoms with van der Waals surface area (Å²) in [6, 6.07) is 0. The van der Waals surface area contributed by atoms with Crippen molar-refractivity contribution in [2.75, 3.05) is 0 Å². The van der Waals surface area contributed by atoms with E-state index >= 15 is 0 Å². The van der Waals surface area contributed by atoms with Gasteiger partial charge in [0, 0.05) is 0 Å². The van der Waals surface area contributed by atoms with Crippen LogP contribution in [0.1, 0.15) is 39.0 Å². The Morgan fingerprint density at radius 3 is 2.83 bits per heavy atom. The molecule has 2 saturated heterocycles. The molecule has 68 valence electrons. The predicted molar refractivity (Wildman–Crippen MR) is 45.6 cm³/mol. The van der Waals surface area contributed by atoms with Gasteiger partial charge in [0.05, 0.1) is 5.92 Å². The van der Waals surface area contributed by atoms with Crippen molar-refractivity contribution in [2.45, 2.75) is 45.1 Å². The fourth-order valence-corrected chi connectivity index (χ4v) is 2.53. The minimum atomic E-state index is 0.0682. The Kier molecular flexibility index (Phi) is 2.07. The first-order valence-electron chi connectivity index (χ1n) is 5.01. The quantitative estimate of drug-likeness (QED) is 0.590. The van der Waals surface area contributed by atoms with Crippen LogP contribution < -0.4 is 0 Å². The summed E-state index contributed by atoms with van der Waals surface area (Å²) in [6.07, 6.45) is 5.99. The number of carbonyl (C=O) groups excluding carboxylic acids is 1. The molecule has 2 bridgehead atoms. The van der Waals surface area contributed by atoms with Gasteiger partial charge >= 0.3 is 5.97 Å². The van der Waals surface area contributed by atoms with Gasteiger partial charge in [0.1, 0.15) is 6.10 Å². The highest BCUT2D eigenvalue weighted by molar-refractivity contribution is 5.74. The maximum Gasteiger partial charge on any atom is 0.309 e. The Labute approximate surface area is 73.3 Å². The summed E-state index contributed by atoms with van der Waals surface area (Å²) in [7, 11) is 0. The van der Waals surface area contributed by atoms with Crippen LogP contribution in [0.25, 0.3) is 0 Å². The van der Waals surface area contributed by atoms with Crippen LogP contribution in [0.3, 0.4) is 0 Å². The fraction of sp³-hybridized carbons (Fsp3) is 0.900. The van der Waals surface area contributed by atoms with Gasteiger partial charge in [-0.25, -0.2) is 0 Å². The average molecular weight is 168 g/mol. The summed E-state index contributed by atoms with van der Waals surface area (Å²) in [5, 5.41) is 0. The molecule has 12 heavy (non-hydrogen) atoms. The van der Waals surface area contributed by atoms with Gasteiger partial charge in [0.25, 0.3) is 0 Å². The number of hydrogen-bond donors (Lipinski definition) is 0. The summed E-state index contributed by atoms with van der Waals surface area (Å²) in [5.41, 5.74) is 0. The first-order valence-corrected chi connectivity index (χ1v) is 5.01. The van der Waals surface area contributed by atoms with Crippen molar-refractivity contribution in [1.29, 1.82) is 0 Å². The molecule has 0 spiro atoms. The maximum atomic E-state index is 11.2. The van der Waals surface area contributed by atoms with Crippen LogP contribution in [0.4, 0.5) is 0 Å². The van der Waals surface area contributed by atoms with E-state index in [1.807, 2.05) is 0 Å². The van der Waals surface area contributed by atoms with E-state index in [1.165, 1.54) is 12.8 Å². The zero-order valence-corrected chi connectivity index (χ0v) is 7.58. The molecule has 3 unspecified atom stereocenters. The number of fused-ring (bicyclic) bond motifs is 3. The second-order valence-electron chi connectivity index (χ2n) is 4.03. The molecule has 2 heteroatoms. The molecule has 1 saturated carbocycles. The summed E-state index contributed by atoms with van der Waals surface area (Å²) in [6.45, 7) is 2.20. The number of carbonyl (C=O) groups is 1. The average Bonchev–Trinajstić information content (AvgIpc) is 2.07. The van der Waals surface area contributed by atoms with E-state index in [1.54, 1.807) is 0 Å². The molecule has 0 aromatic rings. The van der Waals surface area contributed by atoms with Crippen molar-refractivity contribution in [3.63, 3.8) is 0 Å². The molecule has 2 heterocycles. The summed E-state index contributed by atoms with van der Waals surface area (Å²) in [5.74, 6) is 0.983. The van der Waals surface area contributed by atoms with Crippen molar-refractivity contribution in [1.82, 2.24) is 0 Å². The third kappa shape index (κ3) is 1.23. The molecule has 3 aliphatic rings. The van der Waals surface area contributed by atoms with Gasteiger partial charge in [-0.1, -0.05) is 13.3 Å². The number of rotatable bonds is 2. The monoisotopic (exact) mass is 168 g/mol. The highest BCUT2D eigenvalue weighted by Gasteiger charge is 2.41. The lowest BCUT2D eigenvalue weighted by atomic mass is 9.75. The van der Waals surface area contributed by atoms with Crippen molar-refractivity contribution >= 4 is 5.97 Å². The first-order chi connectivity index (χ1) is 5.81. The summed E-state index contributed by atoms with van der Waals surface area (Å²) >= 11 is 0. The minimum Gasteiger partial charge on any atom is -0.462 e. The van der Waals surface area contributed by atoms with E-state index in [0.29, 0.717) is 5.92 Å². The van der Waals surface area contributed by atoms with Crippen LogP contribution in [0, 0.1) is 11.8 Å². The molecule has 2 aliphatic heterocycles. The number of esters is 1. The smallest absolute Gasteiger partial charge is 0.309 e. The largest absolute Gasteiger partial charge is 0.462 e. The van der Waals surface area contributed by atoms with Crippen LogP contribution in [-0.4, -0.2) is 12.1 Å². The number of ether oxygens (including phenoxy) is 1. The summed E-state index contributed by atoms with van der Waals surface area (Å²) in [4.78, 5) is 11.2. The molecule has 0 N–H and O–H groups in total. The molecule has 1 aliphatic carbocycles. The Bertz CT molecular complexity index is 188. The Morgan fingerprint density at radius 2 is 2.33 bits per heavy atom. The Morgan fingerprint density at radius 1 is 1.50 bits per heavy atom.